The van der Waals surface area contributed by atoms with E-state index in [1.807, 2.05) is 19.1 Å². The smallest absolute Gasteiger partial charge is 0.161 e. The van der Waals surface area contributed by atoms with Gasteiger partial charge in [-0.1, -0.05) is 25.1 Å². The van der Waals surface area contributed by atoms with E-state index in [9.17, 15) is 13.2 Å². The topological polar surface area (TPSA) is 12.0 Å². The molecule has 0 bridgehead atoms. The van der Waals surface area contributed by atoms with Gasteiger partial charge < -0.3 is 5.32 Å². The maximum absolute atomic E-state index is 13.8. The maximum Gasteiger partial charge on any atom is 0.161 e. The second-order valence-electron chi connectivity index (χ2n) is 5.07. The van der Waals surface area contributed by atoms with Gasteiger partial charge in [-0.05, 0) is 42.6 Å². The highest BCUT2D eigenvalue weighted by atomic mass is 19.2. The van der Waals surface area contributed by atoms with Crippen LogP contribution in [0, 0.1) is 24.4 Å². The third-order valence-corrected chi connectivity index (χ3v) is 3.35. The Bertz CT molecular complexity index is 638. The fourth-order valence-electron chi connectivity index (χ4n) is 2.28. The minimum atomic E-state index is -1.17. The third-order valence-electron chi connectivity index (χ3n) is 3.35. The predicted octanol–water partition coefficient (Wildman–Crippen LogP) is 4.58. The molecule has 0 aliphatic heterocycles. The van der Waals surface area contributed by atoms with Crippen LogP contribution in [0.2, 0.25) is 0 Å². The van der Waals surface area contributed by atoms with Crippen LogP contribution in [-0.2, 0) is 6.54 Å². The summed E-state index contributed by atoms with van der Waals surface area (Å²) in [4.78, 5) is 0. The molecule has 0 aliphatic carbocycles. The van der Waals surface area contributed by atoms with Gasteiger partial charge in [0, 0.05) is 18.2 Å². The maximum atomic E-state index is 13.8. The molecule has 0 fully saturated rings. The normalized spacial score (nSPS) is 10.9. The van der Waals surface area contributed by atoms with Gasteiger partial charge in [-0.25, -0.2) is 13.2 Å². The SMILES string of the molecule is CCCNCc1ccc(-c2cc(F)c(F)cc2F)c(C)c1. The largest absolute Gasteiger partial charge is 0.313 e. The van der Waals surface area contributed by atoms with Crippen molar-refractivity contribution >= 4 is 0 Å². The van der Waals surface area contributed by atoms with E-state index in [0.717, 1.165) is 36.7 Å². The van der Waals surface area contributed by atoms with E-state index in [2.05, 4.69) is 12.2 Å². The van der Waals surface area contributed by atoms with E-state index >= 15 is 0 Å². The lowest BCUT2D eigenvalue weighted by Crippen LogP contribution is -2.13. The van der Waals surface area contributed by atoms with Gasteiger partial charge in [-0.15, -0.1) is 0 Å². The van der Waals surface area contributed by atoms with Crippen LogP contribution in [0.5, 0.6) is 0 Å². The van der Waals surface area contributed by atoms with Crippen molar-refractivity contribution in [3.05, 3.63) is 58.9 Å². The van der Waals surface area contributed by atoms with Crippen molar-refractivity contribution in [3.63, 3.8) is 0 Å². The molecule has 1 N–H and O–H groups in total. The third kappa shape index (κ3) is 3.64. The number of rotatable bonds is 5. The van der Waals surface area contributed by atoms with Gasteiger partial charge in [0.2, 0.25) is 0 Å². The summed E-state index contributed by atoms with van der Waals surface area (Å²) in [5, 5.41) is 3.28. The Morgan fingerprint density at radius 2 is 1.62 bits per heavy atom. The first-order chi connectivity index (χ1) is 10.0. The number of nitrogens with one attached hydrogen (secondary N) is 1. The van der Waals surface area contributed by atoms with E-state index in [1.165, 1.54) is 0 Å². The van der Waals surface area contributed by atoms with Crippen LogP contribution in [0.25, 0.3) is 11.1 Å². The summed E-state index contributed by atoms with van der Waals surface area (Å²) < 4.78 is 40.1. The van der Waals surface area contributed by atoms with Crippen LogP contribution < -0.4 is 5.32 Å². The molecule has 2 aromatic carbocycles. The highest BCUT2D eigenvalue weighted by Gasteiger charge is 2.13. The average Bonchev–Trinajstić information content (AvgIpc) is 2.44. The number of aryl methyl sites for hydroxylation is 1. The lowest BCUT2D eigenvalue weighted by molar-refractivity contribution is 0.496. The minimum absolute atomic E-state index is 0.0828. The van der Waals surface area contributed by atoms with Gasteiger partial charge in [0.15, 0.2) is 11.6 Å². The summed E-state index contributed by atoms with van der Waals surface area (Å²) >= 11 is 0. The molecule has 0 aromatic heterocycles. The molecule has 0 spiro atoms. The standard InChI is InChI=1S/C17H18F3N/c1-3-6-21-10-12-4-5-13(11(2)7-12)14-8-16(19)17(20)9-15(14)18/h4-5,7-9,21H,3,6,10H2,1-2H3. The van der Waals surface area contributed by atoms with Gasteiger partial charge in [0.25, 0.3) is 0 Å². The molecule has 2 rings (SSSR count). The van der Waals surface area contributed by atoms with Crippen LogP contribution >= 0.6 is 0 Å². The van der Waals surface area contributed by atoms with Crippen LogP contribution in [0.4, 0.5) is 13.2 Å². The molecule has 0 atom stereocenters. The van der Waals surface area contributed by atoms with Crippen molar-refractivity contribution in [2.45, 2.75) is 26.8 Å². The highest BCUT2D eigenvalue weighted by Crippen LogP contribution is 2.28. The zero-order chi connectivity index (χ0) is 15.4. The highest BCUT2D eigenvalue weighted by molar-refractivity contribution is 5.68. The van der Waals surface area contributed by atoms with Gasteiger partial charge in [-0.3, -0.25) is 0 Å². The van der Waals surface area contributed by atoms with Crippen LogP contribution in [0.3, 0.4) is 0 Å². The monoisotopic (exact) mass is 293 g/mol. The minimum Gasteiger partial charge on any atom is -0.313 e. The Hall–Kier alpha value is -1.81. The summed E-state index contributed by atoms with van der Waals surface area (Å²) in [7, 11) is 0. The van der Waals surface area contributed by atoms with Gasteiger partial charge in [-0.2, -0.15) is 0 Å². The molecule has 0 saturated heterocycles. The second-order valence-corrected chi connectivity index (χ2v) is 5.07. The van der Waals surface area contributed by atoms with Crippen molar-refractivity contribution in [2.24, 2.45) is 0 Å². The van der Waals surface area contributed by atoms with Gasteiger partial charge in [0.1, 0.15) is 5.82 Å². The molecular formula is C17H18F3N. The molecule has 0 aliphatic rings. The summed E-state index contributed by atoms with van der Waals surface area (Å²) in [6.07, 6.45) is 1.05. The van der Waals surface area contributed by atoms with Crippen molar-refractivity contribution in [1.29, 1.82) is 0 Å². The fraction of sp³-hybridized carbons (Fsp3) is 0.294. The lowest BCUT2D eigenvalue weighted by atomic mass is 9.97. The zero-order valence-corrected chi connectivity index (χ0v) is 12.1. The molecule has 1 nitrogen and oxygen atoms in total. The van der Waals surface area contributed by atoms with E-state index in [1.54, 1.807) is 6.07 Å². The van der Waals surface area contributed by atoms with Crippen molar-refractivity contribution < 1.29 is 13.2 Å². The first-order valence-electron chi connectivity index (χ1n) is 6.98. The summed E-state index contributed by atoms with van der Waals surface area (Å²) in [5.74, 6) is -2.97. The van der Waals surface area contributed by atoms with Gasteiger partial charge >= 0.3 is 0 Å². The van der Waals surface area contributed by atoms with Crippen molar-refractivity contribution in [3.8, 4) is 11.1 Å². The fourth-order valence-corrected chi connectivity index (χ4v) is 2.28. The number of benzene rings is 2. The van der Waals surface area contributed by atoms with Crippen LogP contribution in [0.15, 0.2) is 30.3 Å². The second kappa shape index (κ2) is 6.76. The summed E-state index contributed by atoms with van der Waals surface area (Å²) in [6, 6.07) is 7.03. The van der Waals surface area contributed by atoms with E-state index < -0.39 is 17.5 Å². The van der Waals surface area contributed by atoms with E-state index in [-0.39, 0.29) is 5.56 Å². The van der Waals surface area contributed by atoms with Crippen LogP contribution in [-0.4, -0.2) is 6.54 Å². The van der Waals surface area contributed by atoms with Crippen molar-refractivity contribution in [2.75, 3.05) is 6.54 Å². The quantitative estimate of drug-likeness (QED) is 0.628. The molecule has 0 saturated carbocycles. The molecule has 21 heavy (non-hydrogen) atoms. The Morgan fingerprint density at radius 1 is 0.905 bits per heavy atom. The molecule has 0 unspecified atom stereocenters. The lowest BCUT2D eigenvalue weighted by Gasteiger charge is -2.11. The Labute approximate surface area is 122 Å². The van der Waals surface area contributed by atoms with Crippen LogP contribution in [0.1, 0.15) is 24.5 Å². The predicted molar refractivity (Wildman–Crippen MR) is 78.5 cm³/mol. The molecule has 2 aromatic rings. The van der Waals surface area contributed by atoms with Gasteiger partial charge in [0.05, 0.1) is 0 Å². The molecule has 112 valence electrons. The average molecular weight is 293 g/mol. The number of hydrogen-bond donors (Lipinski definition) is 1. The van der Waals surface area contributed by atoms with E-state index in [0.29, 0.717) is 11.6 Å². The zero-order valence-electron chi connectivity index (χ0n) is 12.1. The Morgan fingerprint density at radius 3 is 2.29 bits per heavy atom. The summed E-state index contributed by atoms with van der Waals surface area (Å²) in [5.41, 5.74) is 2.56. The molecule has 0 heterocycles. The number of halogens is 3. The number of hydrogen-bond acceptors (Lipinski definition) is 1. The molecule has 0 amide bonds. The molecule has 4 heteroatoms. The molecule has 0 radical (unpaired) electrons. The first-order valence-corrected chi connectivity index (χ1v) is 6.98. The van der Waals surface area contributed by atoms with Crippen molar-refractivity contribution in [1.82, 2.24) is 5.32 Å². The Kier molecular flexibility index (Phi) is 5.02. The Balaban J connectivity index is 2.31. The molecular weight excluding hydrogens is 275 g/mol. The first kappa shape index (κ1) is 15.6. The summed E-state index contributed by atoms with van der Waals surface area (Å²) in [6.45, 7) is 5.58. The van der Waals surface area contributed by atoms with E-state index in [4.69, 9.17) is 0 Å².